The molecule has 0 atom stereocenters. The molecule has 134 valence electrons. The molecule has 0 bridgehead atoms. The Labute approximate surface area is 153 Å². The van der Waals surface area contributed by atoms with Gasteiger partial charge in [0.2, 0.25) is 0 Å². The summed E-state index contributed by atoms with van der Waals surface area (Å²) in [6.45, 7) is 6.08. The summed E-state index contributed by atoms with van der Waals surface area (Å²) in [5.74, 6) is 0.841. The lowest BCUT2D eigenvalue weighted by Crippen LogP contribution is -2.26. The lowest BCUT2D eigenvalue weighted by Gasteiger charge is -2.07. The zero-order valence-corrected chi connectivity index (χ0v) is 16.0. The molecule has 0 spiro atoms. The number of thioether (sulfide) groups is 1. The zero-order valence-electron chi connectivity index (χ0n) is 15.1. The number of hydrogen-bond donors (Lipinski definition) is 2. The van der Waals surface area contributed by atoms with Gasteiger partial charge in [-0.15, -0.1) is 11.8 Å². The van der Waals surface area contributed by atoms with Gasteiger partial charge in [-0.2, -0.15) is 0 Å². The van der Waals surface area contributed by atoms with Crippen molar-refractivity contribution in [1.29, 1.82) is 0 Å². The standard InChI is InChI=1S/C20H26N2O2S/c1-4-9-17-18(15(3)23)14(2)22-19(17)20(24)21-12-8-13-25-16-10-6-5-7-11-16/h5-7,10-11,22H,4,8-9,12-13H2,1-3H3,(H,21,24). The molecule has 1 amide bonds. The van der Waals surface area contributed by atoms with Crippen LogP contribution in [0.4, 0.5) is 0 Å². The molecule has 1 aromatic heterocycles. The first-order chi connectivity index (χ1) is 12.0. The third-order valence-electron chi connectivity index (χ3n) is 3.99. The van der Waals surface area contributed by atoms with Crippen molar-refractivity contribution in [3.63, 3.8) is 0 Å². The highest BCUT2D eigenvalue weighted by Crippen LogP contribution is 2.21. The summed E-state index contributed by atoms with van der Waals surface area (Å²) in [5, 5.41) is 2.97. The van der Waals surface area contributed by atoms with Crippen molar-refractivity contribution in [3.05, 3.63) is 52.8 Å². The number of Topliss-reactive ketones (excluding diaryl/α,β-unsaturated/α-hetero) is 1. The molecule has 2 N–H and O–H groups in total. The fourth-order valence-electron chi connectivity index (χ4n) is 2.92. The van der Waals surface area contributed by atoms with Crippen LogP contribution < -0.4 is 5.32 Å². The molecular weight excluding hydrogens is 332 g/mol. The average Bonchev–Trinajstić information content (AvgIpc) is 2.92. The Hall–Kier alpha value is -2.01. The third kappa shape index (κ3) is 5.23. The van der Waals surface area contributed by atoms with Gasteiger partial charge in [0.05, 0.1) is 0 Å². The van der Waals surface area contributed by atoms with Crippen LogP contribution in [0.3, 0.4) is 0 Å². The molecule has 1 aromatic carbocycles. The van der Waals surface area contributed by atoms with Crippen molar-refractivity contribution in [3.8, 4) is 0 Å². The maximum Gasteiger partial charge on any atom is 0.268 e. The fourth-order valence-corrected chi connectivity index (χ4v) is 3.79. The summed E-state index contributed by atoms with van der Waals surface area (Å²) in [7, 11) is 0. The zero-order chi connectivity index (χ0) is 18.2. The van der Waals surface area contributed by atoms with E-state index in [2.05, 4.69) is 29.4 Å². The van der Waals surface area contributed by atoms with Crippen molar-refractivity contribution < 1.29 is 9.59 Å². The molecule has 0 saturated carbocycles. The van der Waals surface area contributed by atoms with Crippen LogP contribution in [0.15, 0.2) is 35.2 Å². The summed E-state index contributed by atoms with van der Waals surface area (Å²) in [4.78, 5) is 28.7. The molecule has 2 aromatic rings. The van der Waals surface area contributed by atoms with Crippen molar-refractivity contribution in [2.45, 2.75) is 44.9 Å². The molecule has 4 nitrogen and oxygen atoms in total. The van der Waals surface area contributed by atoms with Crippen LogP contribution >= 0.6 is 11.8 Å². The number of amides is 1. The number of carbonyl (C=O) groups is 2. The molecule has 0 saturated heterocycles. The second-order valence-electron chi connectivity index (χ2n) is 6.06. The summed E-state index contributed by atoms with van der Waals surface area (Å²) < 4.78 is 0. The van der Waals surface area contributed by atoms with E-state index < -0.39 is 0 Å². The highest BCUT2D eigenvalue weighted by atomic mass is 32.2. The summed E-state index contributed by atoms with van der Waals surface area (Å²) in [5.41, 5.74) is 2.84. The number of benzene rings is 1. The van der Waals surface area contributed by atoms with Crippen molar-refractivity contribution in [2.24, 2.45) is 0 Å². The van der Waals surface area contributed by atoms with Crippen LogP contribution in [0.25, 0.3) is 0 Å². The smallest absolute Gasteiger partial charge is 0.268 e. The first-order valence-corrected chi connectivity index (χ1v) is 9.71. The highest BCUT2D eigenvalue weighted by Gasteiger charge is 2.21. The average molecular weight is 359 g/mol. The Morgan fingerprint density at radius 1 is 1.20 bits per heavy atom. The molecule has 0 aliphatic rings. The minimum atomic E-state index is -0.122. The van der Waals surface area contributed by atoms with Crippen LogP contribution in [0.2, 0.25) is 0 Å². The van der Waals surface area contributed by atoms with Crippen LogP contribution in [0.1, 0.15) is 58.8 Å². The molecule has 0 aliphatic heterocycles. The Morgan fingerprint density at radius 3 is 2.56 bits per heavy atom. The van der Waals surface area contributed by atoms with Gasteiger partial charge in [0.15, 0.2) is 5.78 Å². The first-order valence-electron chi connectivity index (χ1n) is 8.73. The number of carbonyl (C=O) groups excluding carboxylic acids is 2. The van der Waals surface area contributed by atoms with Gasteiger partial charge in [0.25, 0.3) is 5.91 Å². The van der Waals surface area contributed by atoms with Gasteiger partial charge >= 0.3 is 0 Å². The van der Waals surface area contributed by atoms with Gasteiger partial charge in [-0.3, -0.25) is 9.59 Å². The number of rotatable bonds is 9. The summed E-state index contributed by atoms with van der Waals surface area (Å²) in [6, 6.07) is 10.2. The van der Waals surface area contributed by atoms with Crippen molar-refractivity contribution >= 4 is 23.5 Å². The maximum atomic E-state index is 12.5. The minimum absolute atomic E-state index is 0.00973. The van der Waals surface area contributed by atoms with Gasteiger partial charge in [-0.05, 0) is 50.1 Å². The number of aromatic nitrogens is 1. The van der Waals surface area contributed by atoms with Gasteiger partial charge in [-0.25, -0.2) is 0 Å². The van der Waals surface area contributed by atoms with Crippen molar-refractivity contribution in [2.75, 3.05) is 12.3 Å². The quantitative estimate of drug-likeness (QED) is 0.397. The first kappa shape index (κ1) is 19.3. The van der Waals surface area contributed by atoms with E-state index >= 15 is 0 Å². The van der Waals surface area contributed by atoms with E-state index in [-0.39, 0.29) is 11.7 Å². The second kappa shape index (κ2) is 9.47. The van der Waals surface area contributed by atoms with E-state index in [1.165, 1.54) is 4.90 Å². The van der Waals surface area contributed by atoms with Crippen molar-refractivity contribution in [1.82, 2.24) is 10.3 Å². The van der Waals surface area contributed by atoms with Gasteiger partial charge < -0.3 is 10.3 Å². The van der Waals surface area contributed by atoms with Gasteiger partial charge in [-0.1, -0.05) is 31.5 Å². The van der Waals surface area contributed by atoms with Crippen LogP contribution in [-0.4, -0.2) is 29.0 Å². The number of aromatic amines is 1. The lowest BCUT2D eigenvalue weighted by atomic mass is 10.0. The predicted octanol–water partition coefficient (Wildman–Crippen LogP) is 4.39. The molecule has 0 fully saturated rings. The van der Waals surface area contributed by atoms with E-state index in [1.54, 1.807) is 18.7 Å². The second-order valence-corrected chi connectivity index (χ2v) is 7.22. The van der Waals surface area contributed by atoms with E-state index in [0.29, 0.717) is 17.8 Å². The number of aryl methyl sites for hydroxylation is 1. The van der Waals surface area contributed by atoms with E-state index in [9.17, 15) is 9.59 Å². The largest absolute Gasteiger partial charge is 0.354 e. The van der Waals surface area contributed by atoms with Gasteiger partial charge in [0.1, 0.15) is 5.69 Å². The SMILES string of the molecule is CCCc1c(C(=O)NCCCSc2ccccc2)[nH]c(C)c1C(C)=O. The molecule has 0 radical (unpaired) electrons. The van der Waals surface area contributed by atoms with Gasteiger partial charge in [0, 0.05) is 22.7 Å². The topological polar surface area (TPSA) is 62.0 Å². The molecule has 0 unspecified atom stereocenters. The number of hydrogen-bond acceptors (Lipinski definition) is 3. The van der Waals surface area contributed by atoms with E-state index in [1.807, 2.05) is 25.1 Å². The Morgan fingerprint density at radius 2 is 1.92 bits per heavy atom. The van der Waals surface area contributed by atoms with Crippen LogP contribution in [0.5, 0.6) is 0 Å². The van der Waals surface area contributed by atoms with Crippen LogP contribution in [0, 0.1) is 6.92 Å². The highest BCUT2D eigenvalue weighted by molar-refractivity contribution is 7.99. The maximum absolute atomic E-state index is 12.5. The number of ketones is 1. The molecule has 5 heteroatoms. The summed E-state index contributed by atoms with van der Waals surface area (Å²) >= 11 is 1.79. The number of nitrogens with one attached hydrogen (secondary N) is 2. The Bertz CT molecular complexity index is 723. The molecule has 1 heterocycles. The molecular formula is C20H26N2O2S. The molecule has 2 rings (SSSR count). The van der Waals surface area contributed by atoms with E-state index in [0.717, 1.165) is 36.3 Å². The lowest BCUT2D eigenvalue weighted by molar-refractivity contribution is 0.0948. The number of H-pyrrole nitrogens is 1. The normalized spacial score (nSPS) is 10.7. The fraction of sp³-hybridized carbons (Fsp3) is 0.400. The molecule has 0 aliphatic carbocycles. The third-order valence-corrected chi connectivity index (χ3v) is 5.09. The molecule has 25 heavy (non-hydrogen) atoms. The predicted molar refractivity (Wildman–Crippen MR) is 104 cm³/mol. The summed E-state index contributed by atoms with van der Waals surface area (Å²) in [6.07, 6.45) is 2.52. The minimum Gasteiger partial charge on any atom is -0.354 e. The van der Waals surface area contributed by atoms with E-state index in [4.69, 9.17) is 0 Å². The monoisotopic (exact) mass is 358 g/mol. The Balaban J connectivity index is 1.90. The van der Waals surface area contributed by atoms with Crippen LogP contribution in [-0.2, 0) is 6.42 Å². The Kier molecular flexibility index (Phi) is 7.31.